The van der Waals surface area contributed by atoms with Gasteiger partial charge in [-0.25, -0.2) is 0 Å². The lowest BCUT2D eigenvalue weighted by Gasteiger charge is -2.27. The number of phenols is 1. The van der Waals surface area contributed by atoms with E-state index in [-0.39, 0.29) is 87.2 Å². The molecule has 5 rings (SSSR count). The number of nitrogens with zero attached hydrogens (tertiary/aromatic N) is 2. The van der Waals surface area contributed by atoms with E-state index in [1.807, 2.05) is 18.2 Å². The first-order valence-electron chi connectivity index (χ1n) is 25.6. The van der Waals surface area contributed by atoms with Crippen molar-refractivity contribution >= 4 is 97.6 Å². The van der Waals surface area contributed by atoms with Crippen LogP contribution >= 0.6 is 21.6 Å². The number of guanidine groups is 2. The molecular weight excluding hydrogens is 1070 g/mol. The Kier molecular flexibility index (Phi) is 24.3. The van der Waals surface area contributed by atoms with Gasteiger partial charge in [-0.15, -0.1) is 0 Å². The average Bonchev–Trinajstić information content (AvgIpc) is 3.82. The van der Waals surface area contributed by atoms with Crippen molar-refractivity contribution in [3.8, 4) is 5.75 Å². The monoisotopic (exact) mass is 1140 g/mol. The molecule has 0 unspecified atom stereocenters. The molecule has 0 aliphatic carbocycles. The molecule has 8 atom stereocenters. The summed E-state index contributed by atoms with van der Waals surface area (Å²) in [6, 6.07) is 10.8. The van der Waals surface area contributed by atoms with Crippen LogP contribution in [0.1, 0.15) is 56.2 Å². The van der Waals surface area contributed by atoms with E-state index in [2.05, 4.69) is 57.5 Å². The van der Waals surface area contributed by atoms with Crippen LogP contribution in [0, 0.1) is 0 Å². The van der Waals surface area contributed by atoms with E-state index >= 15 is 0 Å². The van der Waals surface area contributed by atoms with Crippen molar-refractivity contribution in [1.82, 2.24) is 47.5 Å². The Bertz CT molecular complexity index is 2870. The van der Waals surface area contributed by atoms with E-state index in [0.717, 1.165) is 32.5 Å². The van der Waals surface area contributed by atoms with Gasteiger partial charge in [0.25, 0.3) is 0 Å². The first kappa shape index (κ1) is 62.3. The number of H-pyrrole nitrogens is 1. The Morgan fingerprint density at radius 2 is 1.18 bits per heavy atom. The highest BCUT2D eigenvalue weighted by Gasteiger charge is 2.35. The summed E-state index contributed by atoms with van der Waals surface area (Å²) in [5.41, 5.74) is 30.4. The van der Waals surface area contributed by atoms with Crippen molar-refractivity contribution in [1.29, 1.82) is 0 Å². The van der Waals surface area contributed by atoms with E-state index in [1.54, 1.807) is 42.6 Å². The molecule has 430 valence electrons. The third kappa shape index (κ3) is 20.4. The summed E-state index contributed by atoms with van der Waals surface area (Å²) >= 11 is 0. The van der Waals surface area contributed by atoms with Crippen LogP contribution < -0.4 is 71.2 Å². The fraction of sp³-hybridized carbons (Fsp3) is 0.404. The number of carbonyl (C=O) groups is 9. The third-order valence-corrected chi connectivity index (χ3v) is 14.9. The molecule has 80 heavy (non-hydrogen) atoms. The van der Waals surface area contributed by atoms with E-state index in [9.17, 15) is 48.3 Å². The fourth-order valence-electron chi connectivity index (χ4n) is 8.30. The number of nitrogens with two attached hydrogens (primary N) is 5. The van der Waals surface area contributed by atoms with Crippen molar-refractivity contribution in [2.75, 3.05) is 24.6 Å². The van der Waals surface area contributed by atoms with E-state index < -0.39 is 101 Å². The zero-order chi connectivity index (χ0) is 58.3. The standard InChI is InChI=1S/C52H70N16O10S2/c1-28-44(72)64-38(23-31-16-18-33(70)19-17-31)48(76)65-39(22-30-10-4-3-5-11-30)47(75)63-37(15-9-21-59-52(56)57)46(74)66-40(24-32-25-60-35-13-7-6-12-34(32)35)49(77)67-41(43(53)71)26-79-80-27-42(50(78)61-28)68-45(73)36(62-29(2)69)14-8-20-58-51(54)55/h3-7,10-13,16-19,25,28,36-42,60,70H,8-9,14-15,20-24,26-27H2,1-2H3,(H2,53,71)(H,61,78)(H,62,69)(H,63,75)(H,64,72)(H,65,76)(H,66,74)(H,67,77)(H,68,73)(H4,54,55,58)(H4,56,57,59)/t28-,36+,37+,38+,39-,40+,41+,42+/m1/s1. The van der Waals surface area contributed by atoms with Crippen LogP contribution in [-0.2, 0) is 62.4 Å². The van der Waals surface area contributed by atoms with Gasteiger partial charge in [0.15, 0.2) is 11.9 Å². The maximum atomic E-state index is 14.7. The SMILES string of the molecule is CC(=O)N[C@@H](CCCN=C(N)N)C(=O)N[C@H]1CSSC[C@@H](C(N)=O)NC(=O)[C@H](Cc2c[nH]c3ccccc23)NC(=O)[C@H](CCCN=C(N)N)NC(=O)[C@@H](Cc2ccccc2)NC(=O)[C@H](Cc2ccc(O)cc2)NC(=O)[C@@H](C)NC1=O. The predicted octanol–water partition coefficient (Wildman–Crippen LogP) is -2.19. The number of amides is 9. The van der Waals surface area contributed by atoms with Crippen LogP contribution in [0.25, 0.3) is 10.9 Å². The van der Waals surface area contributed by atoms with Gasteiger partial charge in [0.05, 0.1) is 0 Å². The van der Waals surface area contributed by atoms with Crippen molar-refractivity contribution in [2.24, 2.45) is 38.7 Å². The van der Waals surface area contributed by atoms with Crippen LogP contribution in [0.5, 0.6) is 5.75 Å². The highest BCUT2D eigenvalue weighted by Crippen LogP contribution is 2.24. The number of hydrogen-bond donors (Lipinski definition) is 15. The normalized spacial score (nSPS) is 21.4. The highest BCUT2D eigenvalue weighted by atomic mass is 33.1. The second-order valence-electron chi connectivity index (χ2n) is 18.8. The lowest BCUT2D eigenvalue weighted by molar-refractivity contribution is -0.135. The van der Waals surface area contributed by atoms with Crippen molar-refractivity contribution in [3.05, 3.63) is 102 Å². The van der Waals surface area contributed by atoms with Gasteiger partial charge in [-0.05, 0) is 67.5 Å². The molecule has 0 spiro atoms. The average molecular weight is 1140 g/mol. The van der Waals surface area contributed by atoms with E-state index in [0.29, 0.717) is 16.7 Å². The predicted molar refractivity (Wildman–Crippen MR) is 305 cm³/mol. The zero-order valence-electron chi connectivity index (χ0n) is 44.2. The molecule has 26 nitrogen and oxygen atoms in total. The molecule has 4 aromatic rings. The number of aromatic nitrogens is 1. The van der Waals surface area contributed by atoms with Gasteiger partial charge in [-0.3, -0.25) is 53.1 Å². The summed E-state index contributed by atoms with van der Waals surface area (Å²) in [7, 11) is 2.00. The summed E-state index contributed by atoms with van der Waals surface area (Å²) in [6.07, 6.45) is 1.64. The summed E-state index contributed by atoms with van der Waals surface area (Å²) in [5.74, 6) is -8.18. The summed E-state index contributed by atoms with van der Waals surface area (Å²) < 4.78 is 0. The topological polar surface area (TPSA) is 441 Å². The van der Waals surface area contributed by atoms with Crippen molar-refractivity contribution in [3.63, 3.8) is 0 Å². The Morgan fingerprint density at radius 3 is 1.80 bits per heavy atom. The molecule has 0 saturated carbocycles. The lowest BCUT2D eigenvalue weighted by Crippen LogP contribution is -2.61. The van der Waals surface area contributed by atoms with Crippen LogP contribution in [0.15, 0.2) is 95.0 Å². The number of fused-ring (bicyclic) bond motifs is 1. The molecule has 1 aliphatic heterocycles. The molecule has 0 radical (unpaired) electrons. The molecule has 1 aliphatic rings. The highest BCUT2D eigenvalue weighted by molar-refractivity contribution is 8.76. The van der Waals surface area contributed by atoms with Gasteiger partial charge in [0.1, 0.15) is 54.1 Å². The van der Waals surface area contributed by atoms with Crippen LogP contribution in [-0.4, -0.2) is 148 Å². The second-order valence-corrected chi connectivity index (χ2v) is 21.4. The van der Waals surface area contributed by atoms with Gasteiger partial charge in [-0.2, -0.15) is 0 Å². The number of phenolic OH excluding ortho intramolecular Hbond substituents is 1. The van der Waals surface area contributed by atoms with Gasteiger partial charge in [-0.1, -0.05) is 82.3 Å². The zero-order valence-corrected chi connectivity index (χ0v) is 45.8. The molecule has 2 heterocycles. The summed E-state index contributed by atoms with van der Waals surface area (Å²) in [6.45, 7) is 2.71. The fourth-order valence-corrected chi connectivity index (χ4v) is 10.6. The summed E-state index contributed by atoms with van der Waals surface area (Å²) in [4.78, 5) is 137. The molecule has 1 aromatic heterocycles. The lowest BCUT2D eigenvalue weighted by atomic mass is 10.0. The number of benzene rings is 3. The number of rotatable bonds is 18. The maximum absolute atomic E-state index is 14.7. The number of aromatic hydroxyl groups is 1. The smallest absolute Gasteiger partial charge is 0.244 e. The van der Waals surface area contributed by atoms with E-state index in [4.69, 9.17) is 28.7 Å². The minimum absolute atomic E-state index is 0.0470. The molecule has 1 fully saturated rings. The molecule has 3 aromatic carbocycles. The Hall–Kier alpha value is -8.53. The first-order chi connectivity index (χ1) is 38.2. The molecule has 20 N–H and O–H groups in total. The first-order valence-corrected chi connectivity index (χ1v) is 28.1. The van der Waals surface area contributed by atoms with E-state index in [1.165, 1.54) is 38.1 Å². The number of para-hydroxylation sites is 1. The summed E-state index contributed by atoms with van der Waals surface area (Å²) in [5, 5.41) is 32.2. The number of primary amides is 1. The Balaban J connectivity index is 1.57. The van der Waals surface area contributed by atoms with Gasteiger partial charge in [0.2, 0.25) is 53.2 Å². The van der Waals surface area contributed by atoms with Crippen LogP contribution in [0.3, 0.4) is 0 Å². The molecule has 1 saturated heterocycles. The Labute approximate surface area is 469 Å². The molecule has 28 heteroatoms. The van der Waals surface area contributed by atoms with Gasteiger partial charge < -0.3 is 81.3 Å². The number of hydrogen-bond acceptors (Lipinski definition) is 14. The van der Waals surface area contributed by atoms with Crippen molar-refractivity contribution in [2.45, 2.75) is 107 Å². The number of carbonyl (C=O) groups excluding carboxylic acids is 9. The number of nitrogens with one attached hydrogen (secondary N) is 9. The minimum Gasteiger partial charge on any atom is -0.508 e. The number of aromatic amines is 1. The Morgan fingerprint density at radius 1 is 0.637 bits per heavy atom. The minimum atomic E-state index is -1.43. The molecular formula is C52H70N16O10S2. The van der Waals surface area contributed by atoms with Crippen LogP contribution in [0.2, 0.25) is 0 Å². The maximum Gasteiger partial charge on any atom is 0.244 e. The number of aliphatic imine (C=N–C) groups is 2. The molecule has 0 bridgehead atoms. The van der Waals surface area contributed by atoms with Gasteiger partial charge >= 0.3 is 0 Å². The van der Waals surface area contributed by atoms with Crippen molar-refractivity contribution < 1.29 is 48.3 Å². The third-order valence-electron chi connectivity index (χ3n) is 12.5. The second kappa shape index (κ2) is 31.2. The quantitative estimate of drug-likeness (QED) is 0.0218. The van der Waals surface area contributed by atoms with Crippen LogP contribution in [0.4, 0.5) is 0 Å². The van der Waals surface area contributed by atoms with Gasteiger partial charge in [0, 0.05) is 67.9 Å². The largest absolute Gasteiger partial charge is 0.508 e. The molecule has 9 amide bonds.